The monoisotopic (exact) mass is 460 g/mol. The molecule has 4 rings (SSSR count). The molecule has 0 aliphatic rings. The quantitative estimate of drug-likeness (QED) is 0.408. The van der Waals surface area contributed by atoms with E-state index >= 15 is 0 Å². The van der Waals surface area contributed by atoms with Crippen molar-refractivity contribution < 1.29 is 9.59 Å². The largest absolute Gasteiger partial charge is 0.352 e. The lowest BCUT2D eigenvalue weighted by molar-refractivity contribution is -0.117. The SMILES string of the molecule is C=CCn1c(=O)c2ccc(C(=O)NC(C)C)cc2n2c(=O)n(CC(=O)Nc3ccccc3)nc12. The molecule has 0 bridgehead atoms. The first-order valence-electron chi connectivity index (χ1n) is 10.7. The summed E-state index contributed by atoms with van der Waals surface area (Å²) in [6, 6.07) is 13.3. The van der Waals surface area contributed by atoms with Gasteiger partial charge < -0.3 is 10.6 Å². The number of nitrogens with one attached hydrogen (secondary N) is 2. The van der Waals surface area contributed by atoms with E-state index in [0.717, 1.165) is 4.68 Å². The van der Waals surface area contributed by atoms with Crippen molar-refractivity contribution in [2.75, 3.05) is 5.32 Å². The Kier molecular flexibility index (Phi) is 6.13. The molecular formula is C24H24N6O4. The van der Waals surface area contributed by atoms with Crippen molar-refractivity contribution in [2.24, 2.45) is 0 Å². The summed E-state index contributed by atoms with van der Waals surface area (Å²) in [5.74, 6) is -0.727. The molecule has 10 nitrogen and oxygen atoms in total. The van der Waals surface area contributed by atoms with Gasteiger partial charge >= 0.3 is 5.69 Å². The second-order valence-corrected chi connectivity index (χ2v) is 8.05. The van der Waals surface area contributed by atoms with Gasteiger partial charge in [0.15, 0.2) is 0 Å². The lowest BCUT2D eigenvalue weighted by atomic mass is 10.1. The third-order valence-electron chi connectivity index (χ3n) is 5.12. The Morgan fingerprint density at radius 1 is 1.12 bits per heavy atom. The van der Waals surface area contributed by atoms with Crippen molar-refractivity contribution in [3.05, 3.63) is 87.6 Å². The van der Waals surface area contributed by atoms with Crippen LogP contribution in [0, 0.1) is 0 Å². The third-order valence-corrected chi connectivity index (χ3v) is 5.12. The third kappa shape index (κ3) is 4.25. The lowest BCUT2D eigenvalue weighted by Crippen LogP contribution is -2.31. The van der Waals surface area contributed by atoms with Crippen LogP contribution in [0.5, 0.6) is 0 Å². The number of allylic oxidation sites excluding steroid dienone is 1. The number of carbonyl (C=O) groups excluding carboxylic acids is 2. The molecule has 0 atom stereocenters. The molecule has 0 spiro atoms. The van der Waals surface area contributed by atoms with Crippen LogP contribution in [0.2, 0.25) is 0 Å². The number of para-hydroxylation sites is 1. The molecule has 2 aromatic heterocycles. The zero-order valence-corrected chi connectivity index (χ0v) is 18.8. The van der Waals surface area contributed by atoms with Gasteiger partial charge in [-0.25, -0.2) is 13.9 Å². The van der Waals surface area contributed by atoms with Crippen molar-refractivity contribution in [1.82, 2.24) is 24.1 Å². The van der Waals surface area contributed by atoms with Gasteiger partial charge in [0.25, 0.3) is 11.5 Å². The summed E-state index contributed by atoms with van der Waals surface area (Å²) in [4.78, 5) is 51.5. The highest BCUT2D eigenvalue weighted by Gasteiger charge is 2.20. The van der Waals surface area contributed by atoms with Gasteiger partial charge in [-0.3, -0.25) is 19.0 Å². The average Bonchev–Trinajstić information content (AvgIpc) is 3.12. The van der Waals surface area contributed by atoms with Gasteiger partial charge in [-0.15, -0.1) is 11.7 Å². The summed E-state index contributed by atoms with van der Waals surface area (Å²) in [5, 5.41) is 10.0. The summed E-state index contributed by atoms with van der Waals surface area (Å²) >= 11 is 0. The summed E-state index contributed by atoms with van der Waals surface area (Å²) in [7, 11) is 0. The highest BCUT2D eigenvalue weighted by Crippen LogP contribution is 2.15. The number of nitrogens with zero attached hydrogens (tertiary/aromatic N) is 4. The first-order valence-corrected chi connectivity index (χ1v) is 10.7. The molecule has 0 saturated carbocycles. The van der Waals surface area contributed by atoms with Crippen molar-refractivity contribution in [3.8, 4) is 0 Å². The van der Waals surface area contributed by atoms with E-state index in [1.807, 2.05) is 19.9 Å². The fraction of sp³-hybridized carbons (Fsp3) is 0.208. The summed E-state index contributed by atoms with van der Waals surface area (Å²) in [6.07, 6.45) is 1.52. The van der Waals surface area contributed by atoms with Gasteiger partial charge in [-0.05, 0) is 44.2 Å². The van der Waals surface area contributed by atoms with Crippen molar-refractivity contribution in [2.45, 2.75) is 33.0 Å². The van der Waals surface area contributed by atoms with E-state index in [1.165, 1.54) is 33.2 Å². The smallest absolute Gasteiger partial charge is 0.350 e. The predicted molar refractivity (Wildman–Crippen MR) is 129 cm³/mol. The van der Waals surface area contributed by atoms with Crippen LogP contribution in [0.25, 0.3) is 16.7 Å². The van der Waals surface area contributed by atoms with Gasteiger partial charge in [0, 0.05) is 23.8 Å². The van der Waals surface area contributed by atoms with E-state index in [4.69, 9.17) is 0 Å². The van der Waals surface area contributed by atoms with E-state index < -0.39 is 11.6 Å². The minimum Gasteiger partial charge on any atom is -0.350 e. The fourth-order valence-electron chi connectivity index (χ4n) is 3.66. The maximum absolute atomic E-state index is 13.3. The molecule has 0 aliphatic heterocycles. The molecule has 4 aromatic rings. The van der Waals surface area contributed by atoms with E-state index in [-0.39, 0.29) is 47.3 Å². The Bertz CT molecular complexity index is 1530. The Hall–Kier alpha value is -4.47. The molecule has 174 valence electrons. The number of hydrogen-bond donors (Lipinski definition) is 2. The Balaban J connectivity index is 1.86. The van der Waals surface area contributed by atoms with Gasteiger partial charge in [0.05, 0.1) is 10.9 Å². The standard InChI is InChI=1S/C24H24N6O4/c1-4-12-28-22(33)18-11-10-16(21(32)25-15(2)3)13-19(18)30-23(28)27-29(24(30)34)14-20(31)26-17-8-6-5-7-9-17/h4-11,13,15H,1,12,14H2,2-3H3,(H,25,32)(H,26,31). The highest BCUT2D eigenvalue weighted by molar-refractivity contribution is 5.98. The number of rotatable bonds is 7. The zero-order chi connectivity index (χ0) is 24.4. The molecular weight excluding hydrogens is 436 g/mol. The molecule has 34 heavy (non-hydrogen) atoms. The maximum atomic E-state index is 13.3. The number of amides is 2. The van der Waals surface area contributed by atoms with Gasteiger partial charge in [0.2, 0.25) is 11.7 Å². The minimum atomic E-state index is -0.609. The summed E-state index contributed by atoms with van der Waals surface area (Å²) in [6.45, 7) is 7.10. The molecule has 0 fully saturated rings. The topological polar surface area (TPSA) is 120 Å². The maximum Gasteiger partial charge on any atom is 0.352 e. The van der Waals surface area contributed by atoms with E-state index in [0.29, 0.717) is 11.3 Å². The van der Waals surface area contributed by atoms with Gasteiger partial charge in [0.1, 0.15) is 6.54 Å². The zero-order valence-electron chi connectivity index (χ0n) is 18.8. The molecule has 0 aliphatic carbocycles. The van der Waals surface area contributed by atoms with Crippen LogP contribution in [0.3, 0.4) is 0 Å². The fourth-order valence-corrected chi connectivity index (χ4v) is 3.66. The predicted octanol–water partition coefficient (Wildman–Crippen LogP) is 1.77. The number of fused-ring (bicyclic) bond motifs is 3. The van der Waals surface area contributed by atoms with Gasteiger partial charge in [-0.2, -0.15) is 0 Å². The van der Waals surface area contributed by atoms with Crippen LogP contribution >= 0.6 is 0 Å². The number of anilines is 1. The Morgan fingerprint density at radius 2 is 1.85 bits per heavy atom. The van der Waals surface area contributed by atoms with E-state index in [9.17, 15) is 19.2 Å². The van der Waals surface area contributed by atoms with Crippen molar-refractivity contribution in [3.63, 3.8) is 0 Å². The van der Waals surface area contributed by atoms with Crippen LogP contribution in [0.1, 0.15) is 24.2 Å². The van der Waals surface area contributed by atoms with Crippen molar-refractivity contribution in [1.29, 1.82) is 0 Å². The first kappa shape index (κ1) is 22.7. The second kappa shape index (κ2) is 9.18. The van der Waals surface area contributed by atoms with E-state index in [2.05, 4.69) is 22.3 Å². The molecule has 0 saturated heterocycles. The average molecular weight is 460 g/mol. The van der Waals surface area contributed by atoms with Crippen LogP contribution in [-0.2, 0) is 17.9 Å². The number of aromatic nitrogens is 4. The van der Waals surface area contributed by atoms with Crippen molar-refractivity contribution >= 4 is 34.2 Å². The molecule has 0 unspecified atom stereocenters. The molecule has 2 N–H and O–H groups in total. The number of benzene rings is 2. The highest BCUT2D eigenvalue weighted by atomic mass is 16.2. The van der Waals surface area contributed by atoms with Crippen LogP contribution in [0.15, 0.2) is 70.8 Å². The van der Waals surface area contributed by atoms with Crippen LogP contribution in [0.4, 0.5) is 5.69 Å². The number of hydrogen-bond acceptors (Lipinski definition) is 5. The minimum absolute atomic E-state index is 0.0522. The summed E-state index contributed by atoms with van der Waals surface area (Å²) in [5.41, 5.74) is 0.118. The Morgan fingerprint density at radius 3 is 2.53 bits per heavy atom. The Labute approximate surface area is 194 Å². The lowest BCUT2D eigenvalue weighted by Gasteiger charge is -2.11. The van der Waals surface area contributed by atoms with Crippen LogP contribution < -0.4 is 21.9 Å². The van der Waals surface area contributed by atoms with E-state index in [1.54, 1.807) is 24.3 Å². The second-order valence-electron chi connectivity index (χ2n) is 8.05. The molecule has 0 radical (unpaired) electrons. The molecule has 10 heteroatoms. The first-order chi connectivity index (χ1) is 16.3. The normalized spacial score (nSPS) is 11.1. The molecule has 2 heterocycles. The van der Waals surface area contributed by atoms with Gasteiger partial charge in [-0.1, -0.05) is 24.3 Å². The number of carbonyl (C=O) groups is 2. The summed E-state index contributed by atoms with van der Waals surface area (Å²) < 4.78 is 3.53. The molecule has 2 amide bonds. The van der Waals surface area contributed by atoms with Crippen LogP contribution in [-0.4, -0.2) is 36.6 Å². The molecule has 2 aromatic carbocycles.